The van der Waals surface area contributed by atoms with Crippen LogP contribution in [0.4, 0.5) is 0 Å². The van der Waals surface area contributed by atoms with Crippen LogP contribution in [0.25, 0.3) is 0 Å². The minimum atomic E-state index is -3.37. The van der Waals surface area contributed by atoms with Crippen LogP contribution in [-0.4, -0.2) is 57.9 Å². The fourth-order valence-corrected chi connectivity index (χ4v) is 5.73. The number of hydrogen-bond donors (Lipinski definition) is 1. The molecule has 0 bridgehead atoms. The second kappa shape index (κ2) is 6.75. The van der Waals surface area contributed by atoms with E-state index in [0.29, 0.717) is 23.3 Å². The average molecular weight is 332 g/mol. The molecule has 2 rings (SSSR count). The number of likely N-dealkylation sites (tertiary alicyclic amines) is 1. The lowest BCUT2D eigenvalue weighted by atomic mass is 10.2. The number of likely N-dealkylation sites (N-methyl/N-ethyl adjacent to an activating group) is 2. The standard InChI is InChI=1S/C14H25N3O2S2/c1-11-8-14(20-13(11)9-15-2)21(18,19)17(4)10-12-6-5-7-16(12)3/h8,12,15H,5-7,9-10H2,1-4H3. The molecule has 1 aromatic rings. The Hall–Kier alpha value is -0.470. The van der Waals surface area contributed by atoms with Gasteiger partial charge in [0.15, 0.2) is 0 Å². The molecule has 1 N–H and O–H groups in total. The van der Waals surface area contributed by atoms with Crippen LogP contribution < -0.4 is 5.32 Å². The monoisotopic (exact) mass is 331 g/mol. The van der Waals surface area contributed by atoms with Crippen molar-refractivity contribution < 1.29 is 8.42 Å². The highest BCUT2D eigenvalue weighted by atomic mass is 32.2. The van der Waals surface area contributed by atoms with Gasteiger partial charge in [0.1, 0.15) is 4.21 Å². The topological polar surface area (TPSA) is 52.7 Å². The third-order valence-corrected chi connectivity index (χ3v) is 7.65. The minimum absolute atomic E-state index is 0.336. The number of hydrogen-bond acceptors (Lipinski definition) is 5. The Kier molecular flexibility index (Phi) is 5.43. The van der Waals surface area contributed by atoms with Crippen molar-refractivity contribution in [2.24, 2.45) is 0 Å². The van der Waals surface area contributed by atoms with Crippen molar-refractivity contribution in [3.8, 4) is 0 Å². The molecular weight excluding hydrogens is 306 g/mol. The van der Waals surface area contributed by atoms with Crippen molar-refractivity contribution >= 4 is 21.4 Å². The number of aryl methyl sites for hydroxylation is 1. The number of nitrogens with one attached hydrogen (secondary N) is 1. The summed E-state index contributed by atoms with van der Waals surface area (Å²) in [5.74, 6) is 0. The Morgan fingerprint density at radius 2 is 2.24 bits per heavy atom. The quantitative estimate of drug-likeness (QED) is 0.858. The van der Waals surface area contributed by atoms with Crippen molar-refractivity contribution in [1.29, 1.82) is 0 Å². The summed E-state index contributed by atoms with van der Waals surface area (Å²) in [7, 11) is 2.25. The number of thiophene rings is 1. The molecule has 0 amide bonds. The maximum absolute atomic E-state index is 12.7. The summed E-state index contributed by atoms with van der Waals surface area (Å²) in [6.45, 7) is 4.30. The van der Waals surface area contributed by atoms with Crippen LogP contribution in [0.3, 0.4) is 0 Å². The van der Waals surface area contributed by atoms with Crippen molar-refractivity contribution in [2.45, 2.75) is 36.6 Å². The van der Waals surface area contributed by atoms with Crippen LogP contribution in [-0.2, 0) is 16.6 Å². The zero-order valence-electron chi connectivity index (χ0n) is 13.2. The summed E-state index contributed by atoms with van der Waals surface area (Å²) in [4.78, 5) is 3.33. The molecule has 1 fully saturated rings. The molecule has 0 aromatic carbocycles. The van der Waals surface area contributed by atoms with Crippen LogP contribution in [0.15, 0.2) is 10.3 Å². The smallest absolute Gasteiger partial charge is 0.252 e. The van der Waals surface area contributed by atoms with Crippen molar-refractivity contribution in [2.75, 3.05) is 34.2 Å². The Balaban J connectivity index is 2.14. The van der Waals surface area contributed by atoms with E-state index in [1.807, 2.05) is 14.0 Å². The molecule has 1 aromatic heterocycles. The van der Waals surface area contributed by atoms with Gasteiger partial charge in [0.2, 0.25) is 0 Å². The molecule has 5 nitrogen and oxygen atoms in total. The fraction of sp³-hybridized carbons (Fsp3) is 0.714. The van der Waals surface area contributed by atoms with Gasteiger partial charge in [0.05, 0.1) is 0 Å². The number of rotatable bonds is 6. The maximum atomic E-state index is 12.7. The van der Waals surface area contributed by atoms with E-state index in [4.69, 9.17) is 0 Å². The Bertz CT molecular complexity index is 583. The lowest BCUT2D eigenvalue weighted by Gasteiger charge is -2.24. The normalized spacial score (nSPS) is 20.5. The first kappa shape index (κ1) is 16.9. The molecule has 1 atom stereocenters. The lowest BCUT2D eigenvalue weighted by molar-refractivity contribution is 0.271. The van der Waals surface area contributed by atoms with Crippen LogP contribution in [0.2, 0.25) is 0 Å². The largest absolute Gasteiger partial charge is 0.315 e. The summed E-state index contributed by atoms with van der Waals surface area (Å²) < 4.78 is 27.3. The van der Waals surface area contributed by atoms with E-state index in [-0.39, 0.29) is 0 Å². The highest BCUT2D eigenvalue weighted by Crippen LogP contribution is 2.28. The first-order chi connectivity index (χ1) is 9.86. The van der Waals surface area contributed by atoms with Gasteiger partial charge in [0.25, 0.3) is 10.0 Å². The molecule has 2 heterocycles. The molecule has 1 unspecified atom stereocenters. The molecule has 21 heavy (non-hydrogen) atoms. The van der Waals surface area contributed by atoms with Crippen molar-refractivity contribution in [3.05, 3.63) is 16.5 Å². The van der Waals surface area contributed by atoms with E-state index in [1.54, 1.807) is 13.1 Å². The zero-order valence-corrected chi connectivity index (χ0v) is 14.9. The molecule has 0 radical (unpaired) electrons. The maximum Gasteiger partial charge on any atom is 0.252 e. The minimum Gasteiger partial charge on any atom is -0.315 e. The van der Waals surface area contributed by atoms with E-state index in [2.05, 4.69) is 17.3 Å². The Morgan fingerprint density at radius 1 is 1.52 bits per heavy atom. The van der Waals surface area contributed by atoms with Crippen LogP contribution in [0.1, 0.15) is 23.3 Å². The molecule has 0 spiro atoms. The summed E-state index contributed by atoms with van der Waals surface area (Å²) in [5.41, 5.74) is 1.04. The van der Waals surface area contributed by atoms with Crippen LogP contribution in [0.5, 0.6) is 0 Å². The predicted molar refractivity (Wildman–Crippen MR) is 87.3 cm³/mol. The van der Waals surface area contributed by atoms with Gasteiger partial charge < -0.3 is 10.2 Å². The molecule has 0 saturated carbocycles. The van der Waals surface area contributed by atoms with Gasteiger partial charge in [-0.15, -0.1) is 11.3 Å². The first-order valence-corrected chi connectivity index (χ1v) is 9.52. The van der Waals surface area contributed by atoms with Crippen LogP contribution >= 0.6 is 11.3 Å². The lowest BCUT2D eigenvalue weighted by Crippen LogP contribution is -2.39. The van der Waals surface area contributed by atoms with E-state index in [1.165, 1.54) is 15.6 Å². The second-order valence-corrected chi connectivity index (χ2v) is 9.17. The van der Waals surface area contributed by atoms with Gasteiger partial charge >= 0.3 is 0 Å². The highest BCUT2D eigenvalue weighted by molar-refractivity contribution is 7.91. The van der Waals surface area contributed by atoms with Gasteiger partial charge in [-0.2, -0.15) is 4.31 Å². The fourth-order valence-electron chi connectivity index (χ4n) is 2.71. The van der Waals surface area contributed by atoms with E-state index in [0.717, 1.165) is 29.8 Å². The van der Waals surface area contributed by atoms with Gasteiger partial charge in [-0.3, -0.25) is 0 Å². The molecule has 1 aliphatic rings. The number of nitrogens with zero attached hydrogens (tertiary/aromatic N) is 2. The first-order valence-electron chi connectivity index (χ1n) is 7.26. The molecule has 1 aliphatic heterocycles. The summed E-state index contributed by atoms with van der Waals surface area (Å²) in [6.07, 6.45) is 2.23. The van der Waals surface area contributed by atoms with E-state index in [9.17, 15) is 8.42 Å². The molecule has 0 aliphatic carbocycles. The van der Waals surface area contributed by atoms with E-state index >= 15 is 0 Å². The van der Waals surface area contributed by atoms with Crippen molar-refractivity contribution in [1.82, 2.24) is 14.5 Å². The van der Waals surface area contributed by atoms with Gasteiger partial charge in [-0.05, 0) is 52.0 Å². The summed E-state index contributed by atoms with van der Waals surface area (Å²) in [6, 6.07) is 2.13. The third-order valence-electron chi connectivity index (χ3n) is 4.14. The zero-order chi connectivity index (χ0) is 15.6. The Morgan fingerprint density at radius 3 is 2.81 bits per heavy atom. The summed E-state index contributed by atoms with van der Waals surface area (Å²) >= 11 is 1.37. The molecule has 120 valence electrons. The molecule has 7 heteroatoms. The van der Waals surface area contributed by atoms with Crippen molar-refractivity contribution in [3.63, 3.8) is 0 Å². The molecular formula is C14H25N3O2S2. The molecule has 1 saturated heterocycles. The van der Waals surface area contributed by atoms with Gasteiger partial charge in [-0.1, -0.05) is 0 Å². The highest BCUT2D eigenvalue weighted by Gasteiger charge is 2.29. The Labute approximate surface area is 132 Å². The average Bonchev–Trinajstić information content (AvgIpc) is 2.98. The van der Waals surface area contributed by atoms with E-state index < -0.39 is 10.0 Å². The SMILES string of the molecule is CNCc1sc(S(=O)(=O)N(C)CC2CCCN2C)cc1C. The van der Waals surface area contributed by atoms with Crippen LogP contribution in [0, 0.1) is 6.92 Å². The second-order valence-electron chi connectivity index (χ2n) is 5.76. The van der Waals surface area contributed by atoms with Gasteiger partial charge in [-0.25, -0.2) is 8.42 Å². The number of sulfonamides is 1. The third kappa shape index (κ3) is 3.65. The predicted octanol–water partition coefficient (Wildman–Crippen LogP) is 1.49. The summed E-state index contributed by atoms with van der Waals surface area (Å²) in [5, 5.41) is 3.08. The van der Waals surface area contributed by atoms with Gasteiger partial charge in [0, 0.05) is 31.1 Å².